The number of methoxy groups -OCH3 is 1. The van der Waals surface area contributed by atoms with Crippen LogP contribution in [0.5, 0.6) is 0 Å². The summed E-state index contributed by atoms with van der Waals surface area (Å²) in [5.41, 5.74) is 3.35. The Bertz CT molecular complexity index is 601. The van der Waals surface area contributed by atoms with E-state index in [2.05, 4.69) is 30.4 Å². The summed E-state index contributed by atoms with van der Waals surface area (Å²) in [4.78, 5) is 0. The lowest BCUT2D eigenvalue weighted by Gasteiger charge is -2.20. The first kappa shape index (κ1) is 16.2. The fourth-order valence-electron chi connectivity index (χ4n) is 2.27. The highest BCUT2D eigenvalue weighted by Gasteiger charge is 2.11. The summed E-state index contributed by atoms with van der Waals surface area (Å²) in [6.45, 7) is 2.75. The summed E-state index contributed by atoms with van der Waals surface area (Å²) in [5, 5.41) is 4.70. The summed E-state index contributed by atoms with van der Waals surface area (Å²) in [6, 6.07) is 14.2. The van der Waals surface area contributed by atoms with E-state index in [0.717, 1.165) is 23.2 Å². The minimum absolute atomic E-state index is 0.192. The van der Waals surface area contributed by atoms with Crippen molar-refractivity contribution < 1.29 is 4.74 Å². The van der Waals surface area contributed by atoms with Gasteiger partial charge in [-0.05, 0) is 41.8 Å². The molecule has 0 spiro atoms. The van der Waals surface area contributed by atoms with Crippen molar-refractivity contribution in [2.75, 3.05) is 12.4 Å². The Hall–Kier alpha value is -1.22. The van der Waals surface area contributed by atoms with E-state index in [-0.39, 0.29) is 6.04 Å². The Balaban J connectivity index is 2.18. The molecule has 0 aliphatic rings. The van der Waals surface area contributed by atoms with Crippen molar-refractivity contribution in [3.05, 3.63) is 63.6 Å². The second-order valence-electron chi connectivity index (χ2n) is 4.91. The Kier molecular flexibility index (Phi) is 5.92. The van der Waals surface area contributed by atoms with Gasteiger partial charge in [-0.1, -0.05) is 48.3 Å². The van der Waals surface area contributed by atoms with Crippen LogP contribution in [0.25, 0.3) is 0 Å². The molecule has 1 N–H and O–H groups in total. The highest BCUT2D eigenvalue weighted by molar-refractivity contribution is 6.42. The summed E-state index contributed by atoms with van der Waals surface area (Å²) < 4.78 is 5.17. The van der Waals surface area contributed by atoms with Gasteiger partial charge in [0, 0.05) is 12.8 Å². The number of halogens is 2. The average Bonchev–Trinajstić information content (AvgIpc) is 2.48. The summed E-state index contributed by atoms with van der Waals surface area (Å²) >= 11 is 12.1. The number of ether oxygens (including phenoxy) is 1. The quantitative estimate of drug-likeness (QED) is 0.735. The van der Waals surface area contributed by atoms with Gasteiger partial charge in [0.15, 0.2) is 0 Å². The monoisotopic (exact) mass is 323 g/mol. The average molecular weight is 324 g/mol. The van der Waals surface area contributed by atoms with Gasteiger partial charge >= 0.3 is 0 Å². The van der Waals surface area contributed by atoms with Crippen molar-refractivity contribution in [2.45, 2.75) is 26.0 Å². The minimum Gasteiger partial charge on any atom is -0.380 e. The third-order valence-corrected chi connectivity index (χ3v) is 4.07. The minimum atomic E-state index is 0.192. The largest absolute Gasteiger partial charge is 0.380 e. The first-order chi connectivity index (χ1) is 10.1. The molecule has 0 aliphatic heterocycles. The Morgan fingerprint density at radius 2 is 1.90 bits per heavy atom. The van der Waals surface area contributed by atoms with Gasteiger partial charge in [0.1, 0.15) is 0 Å². The molecule has 21 heavy (non-hydrogen) atoms. The maximum Gasteiger partial charge on any atom is 0.0713 e. The van der Waals surface area contributed by atoms with Gasteiger partial charge in [-0.15, -0.1) is 0 Å². The maximum atomic E-state index is 6.11. The van der Waals surface area contributed by atoms with Crippen LogP contribution in [0.1, 0.15) is 30.5 Å². The van der Waals surface area contributed by atoms with Gasteiger partial charge in [0.2, 0.25) is 0 Å². The van der Waals surface area contributed by atoms with Gasteiger partial charge < -0.3 is 10.1 Å². The van der Waals surface area contributed by atoms with Crippen molar-refractivity contribution >= 4 is 28.9 Å². The van der Waals surface area contributed by atoms with Crippen LogP contribution in [0, 0.1) is 0 Å². The smallest absolute Gasteiger partial charge is 0.0713 e. The Morgan fingerprint density at radius 3 is 2.57 bits per heavy atom. The lowest BCUT2D eigenvalue weighted by molar-refractivity contribution is 0.185. The molecule has 0 saturated heterocycles. The van der Waals surface area contributed by atoms with E-state index < -0.39 is 0 Å². The zero-order chi connectivity index (χ0) is 15.2. The van der Waals surface area contributed by atoms with Crippen LogP contribution in [0.15, 0.2) is 42.5 Å². The molecular weight excluding hydrogens is 305 g/mol. The van der Waals surface area contributed by atoms with Gasteiger partial charge in [-0.2, -0.15) is 0 Å². The van der Waals surface area contributed by atoms with E-state index in [9.17, 15) is 0 Å². The molecule has 2 rings (SSSR count). The highest BCUT2D eigenvalue weighted by Crippen LogP contribution is 2.29. The van der Waals surface area contributed by atoms with Gasteiger partial charge in [0.25, 0.3) is 0 Å². The normalized spacial score (nSPS) is 12.2. The molecule has 0 bridgehead atoms. The van der Waals surface area contributed by atoms with Crippen LogP contribution in [-0.2, 0) is 11.3 Å². The number of nitrogens with one attached hydrogen (secondary N) is 1. The van der Waals surface area contributed by atoms with Gasteiger partial charge in [-0.25, -0.2) is 0 Å². The Morgan fingerprint density at radius 1 is 1.10 bits per heavy atom. The van der Waals surface area contributed by atoms with E-state index >= 15 is 0 Å². The number of rotatable bonds is 6. The zero-order valence-electron chi connectivity index (χ0n) is 12.2. The first-order valence-corrected chi connectivity index (χ1v) is 7.69. The third-order valence-electron chi connectivity index (χ3n) is 3.33. The van der Waals surface area contributed by atoms with Crippen molar-refractivity contribution in [1.82, 2.24) is 0 Å². The van der Waals surface area contributed by atoms with E-state index in [1.165, 1.54) is 0 Å². The molecule has 0 aromatic heterocycles. The first-order valence-electron chi connectivity index (χ1n) is 6.93. The van der Waals surface area contributed by atoms with Crippen molar-refractivity contribution in [2.24, 2.45) is 0 Å². The van der Waals surface area contributed by atoms with Crippen molar-refractivity contribution in [1.29, 1.82) is 0 Å². The van der Waals surface area contributed by atoms with Crippen LogP contribution in [0.2, 0.25) is 10.0 Å². The molecule has 0 aliphatic carbocycles. The number of anilines is 1. The summed E-state index contributed by atoms with van der Waals surface area (Å²) in [6.07, 6.45) is 0.951. The van der Waals surface area contributed by atoms with Crippen molar-refractivity contribution in [3.63, 3.8) is 0 Å². The van der Waals surface area contributed by atoms with Crippen molar-refractivity contribution in [3.8, 4) is 0 Å². The number of hydrogen-bond donors (Lipinski definition) is 1. The highest BCUT2D eigenvalue weighted by atomic mass is 35.5. The Labute approximate surface area is 136 Å². The second kappa shape index (κ2) is 7.69. The van der Waals surface area contributed by atoms with E-state index in [1.807, 2.05) is 24.3 Å². The molecule has 0 radical (unpaired) electrons. The van der Waals surface area contributed by atoms with E-state index in [1.54, 1.807) is 7.11 Å². The third kappa shape index (κ3) is 4.37. The molecule has 0 saturated carbocycles. The van der Waals surface area contributed by atoms with Crippen LogP contribution in [0.4, 0.5) is 5.69 Å². The topological polar surface area (TPSA) is 21.3 Å². The number of benzene rings is 2. The lowest BCUT2D eigenvalue weighted by atomic mass is 10.0. The fourth-order valence-corrected chi connectivity index (χ4v) is 2.58. The zero-order valence-corrected chi connectivity index (χ0v) is 13.7. The van der Waals surface area contributed by atoms with Crippen LogP contribution >= 0.6 is 23.2 Å². The SMILES string of the molecule is CCC(Nc1cccc(COC)c1)c1ccc(Cl)c(Cl)c1. The van der Waals surface area contributed by atoms with E-state index in [0.29, 0.717) is 16.7 Å². The molecule has 2 nitrogen and oxygen atoms in total. The molecule has 2 aromatic carbocycles. The van der Waals surface area contributed by atoms with E-state index in [4.69, 9.17) is 27.9 Å². The molecule has 112 valence electrons. The fraction of sp³-hybridized carbons (Fsp3) is 0.294. The predicted octanol–water partition coefficient (Wildman–Crippen LogP) is 5.70. The molecule has 4 heteroatoms. The van der Waals surface area contributed by atoms with Crippen LogP contribution in [-0.4, -0.2) is 7.11 Å². The molecule has 2 aromatic rings. The number of hydrogen-bond acceptors (Lipinski definition) is 2. The molecule has 1 unspecified atom stereocenters. The molecular formula is C17H19Cl2NO. The lowest BCUT2D eigenvalue weighted by Crippen LogP contribution is -2.10. The van der Waals surface area contributed by atoms with Crippen LogP contribution < -0.4 is 5.32 Å². The van der Waals surface area contributed by atoms with Gasteiger partial charge in [-0.3, -0.25) is 0 Å². The second-order valence-corrected chi connectivity index (χ2v) is 5.73. The molecule has 0 fully saturated rings. The predicted molar refractivity (Wildman–Crippen MR) is 90.3 cm³/mol. The van der Waals surface area contributed by atoms with Gasteiger partial charge in [0.05, 0.1) is 22.7 Å². The molecule has 0 amide bonds. The maximum absolute atomic E-state index is 6.11. The molecule has 1 atom stereocenters. The summed E-state index contributed by atoms with van der Waals surface area (Å²) in [5.74, 6) is 0. The van der Waals surface area contributed by atoms with Crippen LogP contribution in [0.3, 0.4) is 0 Å². The summed E-state index contributed by atoms with van der Waals surface area (Å²) in [7, 11) is 1.70. The molecule has 0 heterocycles. The standard InChI is InChI=1S/C17H19Cl2NO/c1-3-17(13-7-8-15(18)16(19)10-13)20-14-6-4-5-12(9-14)11-21-2/h4-10,17,20H,3,11H2,1-2H3.